The highest BCUT2D eigenvalue weighted by Gasteiger charge is 2.25. The molecule has 20 heavy (non-hydrogen) atoms. The summed E-state index contributed by atoms with van der Waals surface area (Å²) in [7, 11) is 0. The molecule has 5 nitrogen and oxygen atoms in total. The molecular formula is C15H21NO4. The van der Waals surface area contributed by atoms with E-state index in [1.54, 1.807) is 6.07 Å². The minimum absolute atomic E-state index is 0.191. The minimum Gasteiger partial charge on any atom is -0.504 e. The lowest BCUT2D eigenvalue weighted by atomic mass is 10.1. The summed E-state index contributed by atoms with van der Waals surface area (Å²) in [5, 5.41) is 19.0. The van der Waals surface area contributed by atoms with E-state index in [1.165, 1.54) is 0 Å². The van der Waals surface area contributed by atoms with Crippen LogP contribution < -0.4 is 4.74 Å². The van der Waals surface area contributed by atoms with Crippen molar-refractivity contribution in [1.29, 1.82) is 0 Å². The molecule has 1 aliphatic rings. The first kappa shape index (κ1) is 14.7. The fourth-order valence-corrected chi connectivity index (χ4v) is 2.68. The van der Waals surface area contributed by atoms with E-state index in [0.29, 0.717) is 18.9 Å². The Morgan fingerprint density at radius 1 is 1.50 bits per heavy atom. The number of para-hydroxylation sites is 1. The van der Waals surface area contributed by atoms with Crippen molar-refractivity contribution in [3.8, 4) is 11.5 Å². The number of aromatic hydroxyl groups is 1. The van der Waals surface area contributed by atoms with Crippen LogP contribution in [0.5, 0.6) is 11.5 Å². The number of carboxylic acids is 1. The first-order chi connectivity index (χ1) is 9.60. The van der Waals surface area contributed by atoms with Gasteiger partial charge in [-0.3, -0.25) is 9.69 Å². The topological polar surface area (TPSA) is 70.0 Å². The summed E-state index contributed by atoms with van der Waals surface area (Å²) in [5.41, 5.74) is 0.826. The number of benzene rings is 1. The van der Waals surface area contributed by atoms with Crippen LogP contribution in [0.25, 0.3) is 0 Å². The molecule has 0 spiro atoms. The molecule has 110 valence electrons. The van der Waals surface area contributed by atoms with Crippen molar-refractivity contribution >= 4 is 5.97 Å². The standard InChI is InChI=1S/C15H21NO4/c1-2-20-13-5-3-4-12(15(13)19)10-16-7-6-11(9-16)8-14(17)18/h3-5,11,19H,2,6-10H2,1H3,(H,17,18). The lowest BCUT2D eigenvalue weighted by Crippen LogP contribution is -2.21. The third-order valence-corrected chi connectivity index (χ3v) is 3.61. The zero-order valence-electron chi connectivity index (χ0n) is 11.7. The molecule has 1 aliphatic heterocycles. The third-order valence-electron chi connectivity index (χ3n) is 3.61. The Hall–Kier alpha value is -1.75. The summed E-state index contributed by atoms with van der Waals surface area (Å²) < 4.78 is 5.37. The largest absolute Gasteiger partial charge is 0.504 e. The minimum atomic E-state index is -0.738. The maximum absolute atomic E-state index is 10.7. The molecule has 1 aromatic rings. The van der Waals surface area contributed by atoms with E-state index in [9.17, 15) is 9.90 Å². The van der Waals surface area contributed by atoms with E-state index < -0.39 is 5.97 Å². The number of hydrogen-bond acceptors (Lipinski definition) is 4. The van der Waals surface area contributed by atoms with Crippen LogP contribution in [-0.4, -0.2) is 40.8 Å². The first-order valence-corrected chi connectivity index (χ1v) is 6.98. The molecule has 1 fully saturated rings. The highest BCUT2D eigenvalue weighted by atomic mass is 16.5. The van der Waals surface area contributed by atoms with Crippen molar-refractivity contribution < 1.29 is 19.7 Å². The molecule has 5 heteroatoms. The third kappa shape index (κ3) is 3.63. The Balaban J connectivity index is 1.97. The van der Waals surface area contributed by atoms with Gasteiger partial charge in [-0.1, -0.05) is 12.1 Å². The van der Waals surface area contributed by atoms with Crippen molar-refractivity contribution in [2.24, 2.45) is 5.92 Å². The Bertz CT molecular complexity index is 475. The number of hydrogen-bond donors (Lipinski definition) is 2. The Kier molecular flexibility index (Phi) is 4.84. The highest BCUT2D eigenvalue weighted by Crippen LogP contribution is 2.32. The second-order valence-corrected chi connectivity index (χ2v) is 5.18. The van der Waals surface area contributed by atoms with Gasteiger partial charge < -0.3 is 14.9 Å². The highest BCUT2D eigenvalue weighted by molar-refractivity contribution is 5.67. The van der Waals surface area contributed by atoms with Gasteiger partial charge in [0.15, 0.2) is 11.5 Å². The summed E-state index contributed by atoms with van der Waals surface area (Å²) in [6.07, 6.45) is 1.12. The van der Waals surface area contributed by atoms with Crippen LogP contribution in [0.3, 0.4) is 0 Å². The number of phenols is 1. The molecule has 0 saturated carbocycles. The number of likely N-dealkylation sites (tertiary alicyclic amines) is 1. The monoisotopic (exact) mass is 279 g/mol. The first-order valence-electron chi connectivity index (χ1n) is 6.98. The number of aliphatic carboxylic acids is 1. The van der Waals surface area contributed by atoms with Crippen molar-refractivity contribution in [3.63, 3.8) is 0 Å². The average molecular weight is 279 g/mol. The molecule has 0 aromatic heterocycles. The number of carbonyl (C=O) groups is 1. The Morgan fingerprint density at radius 2 is 2.30 bits per heavy atom. The van der Waals surface area contributed by atoms with Gasteiger partial charge in [0.1, 0.15) is 0 Å². The van der Waals surface area contributed by atoms with Crippen LogP contribution in [0.1, 0.15) is 25.3 Å². The van der Waals surface area contributed by atoms with Crippen molar-refractivity contribution in [1.82, 2.24) is 4.90 Å². The molecule has 0 bridgehead atoms. The van der Waals surface area contributed by atoms with Crippen LogP contribution in [-0.2, 0) is 11.3 Å². The number of nitrogens with zero attached hydrogens (tertiary/aromatic N) is 1. The molecule has 0 radical (unpaired) electrons. The predicted octanol–water partition coefficient (Wildman–Crippen LogP) is 2.09. The van der Waals surface area contributed by atoms with Crippen LogP contribution in [0.4, 0.5) is 0 Å². The quantitative estimate of drug-likeness (QED) is 0.834. The molecule has 2 N–H and O–H groups in total. The molecule has 1 heterocycles. The molecular weight excluding hydrogens is 258 g/mol. The fraction of sp³-hybridized carbons (Fsp3) is 0.533. The van der Waals surface area contributed by atoms with Crippen molar-refractivity contribution in [3.05, 3.63) is 23.8 Å². The van der Waals surface area contributed by atoms with Gasteiger partial charge in [-0.05, 0) is 31.9 Å². The second-order valence-electron chi connectivity index (χ2n) is 5.18. The van der Waals surface area contributed by atoms with Crippen molar-refractivity contribution in [2.75, 3.05) is 19.7 Å². The molecule has 1 atom stereocenters. The van der Waals surface area contributed by atoms with Gasteiger partial charge in [0.05, 0.1) is 6.61 Å². The fourth-order valence-electron chi connectivity index (χ4n) is 2.68. The molecule has 1 saturated heterocycles. The van der Waals surface area contributed by atoms with Gasteiger partial charge >= 0.3 is 5.97 Å². The molecule has 2 rings (SSSR count). The zero-order chi connectivity index (χ0) is 14.5. The van der Waals surface area contributed by atoms with E-state index in [4.69, 9.17) is 9.84 Å². The molecule has 0 amide bonds. The molecule has 1 unspecified atom stereocenters. The number of carboxylic acid groups (broad SMARTS) is 1. The van der Waals surface area contributed by atoms with Crippen LogP contribution >= 0.6 is 0 Å². The summed E-state index contributed by atoms with van der Waals surface area (Å²) in [6, 6.07) is 5.49. The summed E-state index contributed by atoms with van der Waals surface area (Å²) in [6.45, 7) is 4.66. The van der Waals surface area contributed by atoms with E-state index in [2.05, 4.69) is 4.90 Å². The predicted molar refractivity (Wildman–Crippen MR) is 74.9 cm³/mol. The van der Waals surface area contributed by atoms with Crippen LogP contribution in [0.2, 0.25) is 0 Å². The van der Waals surface area contributed by atoms with Crippen LogP contribution in [0.15, 0.2) is 18.2 Å². The lowest BCUT2D eigenvalue weighted by molar-refractivity contribution is -0.138. The normalized spacial score (nSPS) is 19.1. The summed E-state index contributed by atoms with van der Waals surface area (Å²) in [4.78, 5) is 12.9. The maximum Gasteiger partial charge on any atom is 0.303 e. The zero-order valence-corrected chi connectivity index (χ0v) is 11.7. The van der Waals surface area contributed by atoms with E-state index >= 15 is 0 Å². The Labute approximate surface area is 118 Å². The van der Waals surface area contributed by atoms with E-state index in [-0.39, 0.29) is 18.1 Å². The van der Waals surface area contributed by atoms with Gasteiger partial charge in [-0.15, -0.1) is 0 Å². The SMILES string of the molecule is CCOc1cccc(CN2CCC(CC(=O)O)C2)c1O. The second kappa shape index (κ2) is 6.61. The Morgan fingerprint density at radius 3 is 3.00 bits per heavy atom. The maximum atomic E-state index is 10.7. The van der Waals surface area contributed by atoms with Gasteiger partial charge in [0.25, 0.3) is 0 Å². The lowest BCUT2D eigenvalue weighted by Gasteiger charge is -2.17. The summed E-state index contributed by atoms with van der Waals surface area (Å²) >= 11 is 0. The smallest absolute Gasteiger partial charge is 0.303 e. The molecule has 0 aliphatic carbocycles. The van der Waals surface area contributed by atoms with E-state index in [1.807, 2.05) is 19.1 Å². The van der Waals surface area contributed by atoms with Gasteiger partial charge in [0.2, 0.25) is 0 Å². The van der Waals surface area contributed by atoms with Crippen LogP contribution in [0, 0.1) is 5.92 Å². The number of phenolic OH excluding ortho intramolecular Hbond substituents is 1. The van der Waals surface area contributed by atoms with Gasteiger partial charge in [-0.2, -0.15) is 0 Å². The van der Waals surface area contributed by atoms with E-state index in [0.717, 1.165) is 25.1 Å². The number of rotatable bonds is 6. The van der Waals surface area contributed by atoms with Gasteiger partial charge in [0, 0.05) is 25.1 Å². The number of ether oxygens (including phenoxy) is 1. The molecule has 1 aromatic carbocycles. The average Bonchev–Trinajstić information content (AvgIpc) is 2.81. The van der Waals surface area contributed by atoms with Crippen molar-refractivity contribution in [2.45, 2.75) is 26.3 Å². The van der Waals surface area contributed by atoms with Gasteiger partial charge in [-0.25, -0.2) is 0 Å². The summed E-state index contributed by atoms with van der Waals surface area (Å²) in [5.74, 6) is 0.171.